The molecular formula is C37H46N2O3. The zero-order valence-corrected chi connectivity index (χ0v) is 25.5. The van der Waals surface area contributed by atoms with Gasteiger partial charge in [-0.05, 0) is 29.9 Å². The largest absolute Gasteiger partial charge is 0.382 e. The fraction of sp³-hybridized carbons (Fsp3) is 0.432. The molecule has 6 rings (SSSR count). The number of rotatable bonds is 13. The Bertz CT molecular complexity index is 1280. The first-order valence-corrected chi connectivity index (χ1v) is 15.4. The SMILES string of the molecule is COC[C@@H](N=C(c1ccccc1)N1[C@H](C)[C@@H]2C=C[C@H]1[C@@H](COCc1ccccc1)[C@H]2COCc1ccccc1)C(C)C. The molecule has 3 aromatic rings. The van der Waals surface area contributed by atoms with Crippen LogP contribution in [0, 0.1) is 23.7 Å². The Labute approximate surface area is 252 Å². The van der Waals surface area contributed by atoms with Crippen LogP contribution in [0.2, 0.25) is 0 Å². The standard InChI is InChI=1S/C37H46N2O3/c1-27(2)35(26-40-4)38-37(31-18-12-7-13-19-31)39-28(3)32-20-21-36(39)34(25-42-23-30-16-10-6-11-17-30)33(32)24-41-22-29-14-8-5-9-15-29/h5-21,27-28,32-36H,22-26H2,1-4H3/t28-,32+,33+,34+,35-,36+/m1/s1. The van der Waals surface area contributed by atoms with Crippen molar-refractivity contribution in [2.75, 3.05) is 26.9 Å². The topological polar surface area (TPSA) is 43.3 Å². The normalized spacial score (nSPS) is 24.4. The van der Waals surface area contributed by atoms with Gasteiger partial charge < -0.3 is 19.1 Å². The highest BCUT2D eigenvalue weighted by molar-refractivity contribution is 5.99. The number of ether oxygens (including phenoxy) is 3. The molecule has 42 heavy (non-hydrogen) atoms. The van der Waals surface area contributed by atoms with Crippen molar-refractivity contribution in [1.82, 2.24) is 4.90 Å². The predicted molar refractivity (Wildman–Crippen MR) is 170 cm³/mol. The fourth-order valence-corrected chi connectivity index (χ4v) is 6.49. The maximum absolute atomic E-state index is 6.46. The van der Waals surface area contributed by atoms with Crippen LogP contribution in [0.1, 0.15) is 37.5 Å². The second-order valence-corrected chi connectivity index (χ2v) is 12.0. The van der Waals surface area contributed by atoms with Gasteiger partial charge in [-0.15, -0.1) is 0 Å². The maximum atomic E-state index is 6.46. The van der Waals surface area contributed by atoms with Gasteiger partial charge in [0.05, 0.1) is 45.1 Å². The first kappa shape index (κ1) is 30.2. The lowest BCUT2D eigenvalue weighted by atomic mass is 9.66. The van der Waals surface area contributed by atoms with Gasteiger partial charge in [0.1, 0.15) is 5.84 Å². The van der Waals surface area contributed by atoms with E-state index in [0.717, 1.165) is 11.4 Å². The summed E-state index contributed by atoms with van der Waals surface area (Å²) in [6.45, 7) is 9.99. The van der Waals surface area contributed by atoms with Crippen molar-refractivity contribution in [2.24, 2.45) is 28.7 Å². The van der Waals surface area contributed by atoms with Crippen molar-refractivity contribution in [3.8, 4) is 0 Å². The van der Waals surface area contributed by atoms with Gasteiger partial charge in [0.2, 0.25) is 0 Å². The van der Waals surface area contributed by atoms with E-state index in [1.807, 2.05) is 12.1 Å². The second kappa shape index (κ2) is 14.8. The smallest absolute Gasteiger partial charge is 0.132 e. The second-order valence-electron chi connectivity index (χ2n) is 12.0. The van der Waals surface area contributed by atoms with Gasteiger partial charge in [-0.3, -0.25) is 4.99 Å². The van der Waals surface area contributed by atoms with E-state index >= 15 is 0 Å². The van der Waals surface area contributed by atoms with E-state index in [2.05, 4.69) is 117 Å². The molecule has 0 radical (unpaired) electrons. The summed E-state index contributed by atoms with van der Waals surface area (Å²) in [5.41, 5.74) is 3.55. The summed E-state index contributed by atoms with van der Waals surface area (Å²) in [7, 11) is 1.77. The zero-order chi connectivity index (χ0) is 29.3. The van der Waals surface area contributed by atoms with Gasteiger partial charge >= 0.3 is 0 Å². The van der Waals surface area contributed by atoms with E-state index in [0.29, 0.717) is 50.8 Å². The molecule has 0 N–H and O–H groups in total. The number of amidine groups is 1. The summed E-state index contributed by atoms with van der Waals surface area (Å²) in [6, 6.07) is 32.0. The average molecular weight is 567 g/mol. The molecule has 5 heteroatoms. The third-order valence-electron chi connectivity index (χ3n) is 8.85. The van der Waals surface area contributed by atoms with Crippen LogP contribution in [0.3, 0.4) is 0 Å². The monoisotopic (exact) mass is 566 g/mol. The number of hydrogen-bond acceptors (Lipinski definition) is 4. The predicted octanol–water partition coefficient (Wildman–Crippen LogP) is 7.03. The van der Waals surface area contributed by atoms with Crippen LogP contribution < -0.4 is 0 Å². The van der Waals surface area contributed by atoms with Crippen molar-refractivity contribution in [1.29, 1.82) is 0 Å². The summed E-state index contributed by atoms with van der Waals surface area (Å²) >= 11 is 0. The van der Waals surface area contributed by atoms with Crippen LogP contribution in [0.4, 0.5) is 0 Å². The van der Waals surface area contributed by atoms with Crippen molar-refractivity contribution < 1.29 is 14.2 Å². The Balaban J connectivity index is 1.44. The highest BCUT2D eigenvalue weighted by Crippen LogP contribution is 2.44. The van der Waals surface area contributed by atoms with Crippen molar-refractivity contribution in [3.63, 3.8) is 0 Å². The first-order valence-electron chi connectivity index (χ1n) is 15.4. The summed E-state index contributed by atoms with van der Waals surface area (Å²) in [6.07, 6.45) is 4.82. The number of methoxy groups -OCH3 is 1. The molecule has 222 valence electrons. The van der Waals surface area contributed by atoms with Crippen LogP contribution in [0.25, 0.3) is 0 Å². The highest BCUT2D eigenvalue weighted by Gasteiger charge is 2.50. The van der Waals surface area contributed by atoms with E-state index in [1.165, 1.54) is 11.1 Å². The summed E-state index contributed by atoms with van der Waals surface area (Å²) < 4.78 is 18.5. The number of hydrogen-bond donors (Lipinski definition) is 0. The Kier molecular flexibility index (Phi) is 10.6. The van der Waals surface area contributed by atoms with Crippen molar-refractivity contribution in [3.05, 3.63) is 120 Å². The molecule has 0 saturated carbocycles. The zero-order valence-electron chi connectivity index (χ0n) is 25.5. The Morgan fingerprint density at radius 3 is 1.86 bits per heavy atom. The van der Waals surface area contributed by atoms with Crippen LogP contribution in [0.15, 0.2) is 108 Å². The molecule has 0 aromatic heterocycles. The minimum Gasteiger partial charge on any atom is -0.382 e. The van der Waals surface area contributed by atoms with Crippen molar-refractivity contribution in [2.45, 2.75) is 52.1 Å². The van der Waals surface area contributed by atoms with Crippen LogP contribution in [-0.2, 0) is 27.4 Å². The fourth-order valence-electron chi connectivity index (χ4n) is 6.49. The third-order valence-corrected chi connectivity index (χ3v) is 8.85. The lowest BCUT2D eigenvalue weighted by molar-refractivity contribution is -0.0610. The molecule has 5 nitrogen and oxygen atoms in total. The number of fused-ring (bicyclic) bond motifs is 2. The number of benzene rings is 3. The number of nitrogens with zero attached hydrogens (tertiary/aromatic N) is 2. The van der Waals surface area contributed by atoms with E-state index < -0.39 is 0 Å². The molecule has 3 aliphatic rings. The van der Waals surface area contributed by atoms with Gasteiger partial charge in [0.15, 0.2) is 0 Å². The summed E-state index contributed by atoms with van der Waals surface area (Å²) in [5.74, 6) is 2.35. The Morgan fingerprint density at radius 2 is 1.31 bits per heavy atom. The molecular weight excluding hydrogens is 520 g/mol. The van der Waals surface area contributed by atoms with Crippen LogP contribution in [-0.4, -0.2) is 55.8 Å². The molecule has 2 bridgehead atoms. The Hall–Kier alpha value is -3.25. The van der Waals surface area contributed by atoms with Gasteiger partial charge in [-0.25, -0.2) is 0 Å². The minimum absolute atomic E-state index is 0.0691. The van der Waals surface area contributed by atoms with Crippen molar-refractivity contribution >= 4 is 5.84 Å². The van der Waals surface area contributed by atoms with Crippen LogP contribution in [0.5, 0.6) is 0 Å². The molecule has 3 aromatic carbocycles. The highest BCUT2D eigenvalue weighted by atomic mass is 16.5. The Morgan fingerprint density at radius 1 is 0.762 bits per heavy atom. The maximum Gasteiger partial charge on any atom is 0.132 e. The molecule has 2 heterocycles. The molecule has 0 amide bonds. The van der Waals surface area contributed by atoms with Gasteiger partial charge in [-0.1, -0.05) is 117 Å². The number of piperidine rings is 1. The van der Waals surface area contributed by atoms with Gasteiger partial charge in [-0.2, -0.15) is 0 Å². The van der Waals surface area contributed by atoms with E-state index in [1.54, 1.807) is 7.11 Å². The third kappa shape index (κ3) is 7.20. The van der Waals surface area contributed by atoms with E-state index in [4.69, 9.17) is 19.2 Å². The molecule has 2 aliphatic heterocycles. The molecule has 6 atom stereocenters. The quantitative estimate of drug-likeness (QED) is 0.127. The van der Waals surface area contributed by atoms with Crippen LogP contribution >= 0.6 is 0 Å². The van der Waals surface area contributed by atoms with Gasteiger partial charge in [0.25, 0.3) is 0 Å². The van der Waals surface area contributed by atoms with E-state index in [9.17, 15) is 0 Å². The number of aliphatic imine (C=N–C) groups is 1. The average Bonchev–Trinajstić information content (AvgIpc) is 3.02. The summed E-state index contributed by atoms with van der Waals surface area (Å²) in [5, 5.41) is 0. The molecule has 1 fully saturated rings. The molecule has 1 saturated heterocycles. The lowest BCUT2D eigenvalue weighted by Crippen LogP contribution is -2.63. The lowest BCUT2D eigenvalue weighted by Gasteiger charge is -2.56. The molecule has 1 aliphatic carbocycles. The van der Waals surface area contributed by atoms with Gasteiger partial charge in [0, 0.05) is 30.6 Å². The molecule has 0 spiro atoms. The van der Waals surface area contributed by atoms with E-state index in [-0.39, 0.29) is 24.0 Å². The minimum atomic E-state index is 0.0691. The molecule has 0 unspecified atom stereocenters. The first-order chi connectivity index (χ1) is 20.6. The summed E-state index contributed by atoms with van der Waals surface area (Å²) in [4.78, 5) is 7.99.